The summed E-state index contributed by atoms with van der Waals surface area (Å²) in [5.74, 6) is 0.579. The number of morpholine rings is 1. The fourth-order valence-corrected chi connectivity index (χ4v) is 3.47. The van der Waals surface area contributed by atoms with Gasteiger partial charge in [0, 0.05) is 26.2 Å². The molecule has 3 aromatic rings. The summed E-state index contributed by atoms with van der Waals surface area (Å²) in [6.07, 6.45) is 1.40. The zero-order valence-electron chi connectivity index (χ0n) is 15.3. The number of benzene rings is 1. The van der Waals surface area contributed by atoms with Gasteiger partial charge < -0.3 is 26.0 Å². The number of amides is 1. The fraction of sp³-hybridized carbons (Fsp3) is 0.278. The molecule has 0 saturated carbocycles. The Morgan fingerprint density at radius 2 is 2.11 bits per heavy atom. The van der Waals surface area contributed by atoms with Crippen molar-refractivity contribution < 1.29 is 9.53 Å². The third-order valence-electron chi connectivity index (χ3n) is 4.59. The van der Waals surface area contributed by atoms with Crippen molar-refractivity contribution in [2.24, 2.45) is 5.73 Å². The molecule has 9 nitrogen and oxygen atoms in total. The molecule has 0 aliphatic carbocycles. The van der Waals surface area contributed by atoms with Crippen LogP contribution in [-0.4, -0.2) is 53.9 Å². The number of halogens is 1. The van der Waals surface area contributed by atoms with Gasteiger partial charge in [-0.25, -0.2) is 4.98 Å². The SMILES string of the molecule is CNc1cc(Nc2cccc(N3CCOCC3)c2Cl)nc2c(C(N)=O)cnn12. The van der Waals surface area contributed by atoms with Gasteiger partial charge in [-0.15, -0.1) is 0 Å². The van der Waals surface area contributed by atoms with Crippen molar-refractivity contribution in [3.63, 3.8) is 0 Å². The fourth-order valence-electron chi connectivity index (χ4n) is 3.18. The van der Waals surface area contributed by atoms with E-state index in [0.29, 0.717) is 41.2 Å². The van der Waals surface area contributed by atoms with Gasteiger partial charge in [0.2, 0.25) is 0 Å². The second-order valence-electron chi connectivity index (χ2n) is 6.30. The number of fused-ring (bicyclic) bond motifs is 1. The Morgan fingerprint density at radius 1 is 1.32 bits per heavy atom. The average molecular weight is 402 g/mol. The number of anilines is 4. The van der Waals surface area contributed by atoms with Gasteiger partial charge in [0.15, 0.2) is 5.65 Å². The van der Waals surface area contributed by atoms with Crippen LogP contribution < -0.4 is 21.3 Å². The van der Waals surface area contributed by atoms with Gasteiger partial charge in [0.25, 0.3) is 5.91 Å². The number of nitrogens with two attached hydrogens (primary N) is 1. The predicted molar refractivity (Wildman–Crippen MR) is 109 cm³/mol. The van der Waals surface area contributed by atoms with E-state index in [-0.39, 0.29) is 5.56 Å². The molecule has 0 unspecified atom stereocenters. The molecule has 0 atom stereocenters. The summed E-state index contributed by atoms with van der Waals surface area (Å²) in [5.41, 5.74) is 7.69. The molecule has 2 aromatic heterocycles. The van der Waals surface area contributed by atoms with E-state index in [9.17, 15) is 4.79 Å². The molecule has 10 heteroatoms. The first kappa shape index (κ1) is 18.3. The Labute approximate surface area is 166 Å². The van der Waals surface area contributed by atoms with E-state index in [1.54, 1.807) is 13.1 Å². The monoisotopic (exact) mass is 401 g/mol. The Morgan fingerprint density at radius 3 is 2.82 bits per heavy atom. The first-order valence-corrected chi connectivity index (χ1v) is 9.21. The molecule has 3 heterocycles. The zero-order chi connectivity index (χ0) is 19.7. The Bertz CT molecular complexity index is 1030. The summed E-state index contributed by atoms with van der Waals surface area (Å²) in [7, 11) is 1.76. The second-order valence-corrected chi connectivity index (χ2v) is 6.68. The standard InChI is InChI=1S/C18H20ClN7O2/c1-21-15-9-14(24-18-11(17(20)27)10-22-26(15)18)23-12-3-2-4-13(16(12)19)25-5-7-28-8-6-25/h2-4,9-10,21H,5-8H2,1H3,(H2,20,27)(H,23,24). The molecule has 4 N–H and O–H groups in total. The quantitative estimate of drug-likeness (QED) is 0.600. The molecule has 28 heavy (non-hydrogen) atoms. The van der Waals surface area contributed by atoms with Crippen molar-refractivity contribution in [3.8, 4) is 0 Å². The maximum absolute atomic E-state index is 11.7. The molecular formula is C18H20ClN7O2. The summed E-state index contributed by atoms with van der Waals surface area (Å²) < 4.78 is 6.94. The van der Waals surface area contributed by atoms with E-state index in [1.807, 2.05) is 18.2 Å². The van der Waals surface area contributed by atoms with Crippen LogP contribution in [-0.2, 0) is 4.74 Å². The molecule has 1 aliphatic heterocycles. The van der Waals surface area contributed by atoms with Crippen molar-refractivity contribution in [3.05, 3.63) is 41.0 Å². The zero-order valence-corrected chi connectivity index (χ0v) is 16.0. The highest BCUT2D eigenvalue weighted by Crippen LogP contribution is 2.35. The lowest BCUT2D eigenvalue weighted by Gasteiger charge is -2.30. The number of ether oxygens (including phenoxy) is 1. The number of primary amides is 1. The molecule has 4 rings (SSSR count). The van der Waals surface area contributed by atoms with Crippen LogP contribution in [0.5, 0.6) is 0 Å². The van der Waals surface area contributed by atoms with Gasteiger partial charge in [-0.05, 0) is 12.1 Å². The van der Waals surface area contributed by atoms with Crippen molar-refractivity contribution in [1.29, 1.82) is 0 Å². The van der Waals surface area contributed by atoms with Crippen molar-refractivity contribution in [2.75, 3.05) is 48.9 Å². The highest BCUT2D eigenvalue weighted by molar-refractivity contribution is 6.36. The van der Waals surface area contributed by atoms with Crippen LogP contribution in [0.15, 0.2) is 30.5 Å². The molecule has 0 bridgehead atoms. The first-order chi connectivity index (χ1) is 13.6. The Hall–Kier alpha value is -3.04. The lowest BCUT2D eigenvalue weighted by atomic mass is 10.2. The van der Waals surface area contributed by atoms with Crippen LogP contribution in [0.1, 0.15) is 10.4 Å². The van der Waals surface area contributed by atoms with E-state index in [2.05, 4.69) is 25.6 Å². The lowest BCUT2D eigenvalue weighted by Crippen LogP contribution is -2.36. The maximum Gasteiger partial charge on any atom is 0.254 e. The van der Waals surface area contributed by atoms with Crippen LogP contribution in [0.3, 0.4) is 0 Å². The second kappa shape index (κ2) is 7.53. The van der Waals surface area contributed by atoms with Gasteiger partial charge >= 0.3 is 0 Å². The topological polar surface area (TPSA) is 110 Å². The van der Waals surface area contributed by atoms with Crippen molar-refractivity contribution >= 4 is 46.2 Å². The molecule has 1 aliphatic rings. The number of nitrogens with zero attached hydrogens (tertiary/aromatic N) is 4. The largest absolute Gasteiger partial charge is 0.378 e. The van der Waals surface area contributed by atoms with Crippen LogP contribution in [0, 0.1) is 0 Å². The predicted octanol–water partition coefficient (Wildman–Crippen LogP) is 2.10. The highest BCUT2D eigenvalue weighted by atomic mass is 35.5. The molecule has 1 fully saturated rings. The molecule has 0 spiro atoms. The summed E-state index contributed by atoms with van der Waals surface area (Å²) in [4.78, 5) is 18.4. The summed E-state index contributed by atoms with van der Waals surface area (Å²) in [5, 5.41) is 11.0. The van der Waals surface area contributed by atoms with Gasteiger partial charge in [-0.1, -0.05) is 17.7 Å². The van der Waals surface area contributed by atoms with Crippen LogP contribution >= 0.6 is 11.6 Å². The van der Waals surface area contributed by atoms with E-state index < -0.39 is 5.91 Å². The summed E-state index contributed by atoms with van der Waals surface area (Å²) in [6, 6.07) is 7.58. The number of nitrogens with one attached hydrogen (secondary N) is 2. The van der Waals surface area contributed by atoms with E-state index >= 15 is 0 Å². The average Bonchev–Trinajstić information content (AvgIpc) is 3.14. The molecule has 1 amide bonds. The Balaban J connectivity index is 1.72. The number of carbonyl (C=O) groups excluding carboxylic acids is 1. The van der Waals surface area contributed by atoms with E-state index in [4.69, 9.17) is 22.1 Å². The van der Waals surface area contributed by atoms with Crippen LogP contribution in [0.4, 0.5) is 23.0 Å². The minimum atomic E-state index is -0.589. The van der Waals surface area contributed by atoms with Crippen LogP contribution in [0.25, 0.3) is 5.65 Å². The molecule has 0 radical (unpaired) electrons. The van der Waals surface area contributed by atoms with E-state index in [1.165, 1.54) is 10.7 Å². The summed E-state index contributed by atoms with van der Waals surface area (Å²) >= 11 is 6.66. The molecule has 146 valence electrons. The van der Waals surface area contributed by atoms with Gasteiger partial charge in [-0.2, -0.15) is 9.61 Å². The maximum atomic E-state index is 11.7. The number of carbonyl (C=O) groups is 1. The van der Waals surface area contributed by atoms with Crippen molar-refractivity contribution in [2.45, 2.75) is 0 Å². The number of hydrogen-bond acceptors (Lipinski definition) is 7. The van der Waals surface area contributed by atoms with Gasteiger partial charge in [0.1, 0.15) is 17.2 Å². The van der Waals surface area contributed by atoms with Gasteiger partial charge in [0.05, 0.1) is 35.8 Å². The lowest BCUT2D eigenvalue weighted by molar-refractivity contribution is 0.100. The van der Waals surface area contributed by atoms with E-state index in [0.717, 1.165) is 18.8 Å². The molecule has 1 saturated heterocycles. The molecule has 1 aromatic carbocycles. The number of rotatable bonds is 5. The third-order valence-corrected chi connectivity index (χ3v) is 4.98. The van der Waals surface area contributed by atoms with Crippen molar-refractivity contribution in [1.82, 2.24) is 14.6 Å². The summed E-state index contributed by atoms with van der Waals surface area (Å²) in [6.45, 7) is 2.92. The first-order valence-electron chi connectivity index (χ1n) is 8.83. The van der Waals surface area contributed by atoms with Gasteiger partial charge in [-0.3, -0.25) is 4.79 Å². The minimum Gasteiger partial charge on any atom is -0.378 e. The Kier molecular flexibility index (Phi) is 4.93. The smallest absolute Gasteiger partial charge is 0.254 e. The third kappa shape index (κ3) is 3.30. The molecular weight excluding hydrogens is 382 g/mol. The number of aromatic nitrogens is 3. The normalized spacial score (nSPS) is 14.3. The van der Waals surface area contributed by atoms with Crippen LogP contribution in [0.2, 0.25) is 5.02 Å². The number of hydrogen-bond donors (Lipinski definition) is 3. The highest BCUT2D eigenvalue weighted by Gasteiger charge is 2.18. The minimum absolute atomic E-state index is 0.244.